The van der Waals surface area contributed by atoms with Crippen molar-refractivity contribution in [2.24, 2.45) is 0 Å². The van der Waals surface area contributed by atoms with E-state index in [-0.39, 0.29) is 28.2 Å². The molecule has 0 amide bonds. The molecule has 3 radical (unpaired) electrons. The molecule has 0 fully saturated rings. The molecule has 49 valence electrons. The van der Waals surface area contributed by atoms with Gasteiger partial charge in [0.2, 0.25) is 0 Å². The molecule has 0 saturated carbocycles. The quantitative estimate of drug-likeness (QED) is 0.555. The summed E-state index contributed by atoms with van der Waals surface area (Å²) in [6.07, 6.45) is 0. The van der Waals surface area contributed by atoms with E-state index in [9.17, 15) is 4.39 Å². The molecule has 0 aromatic heterocycles. The molecule has 0 saturated heterocycles. The Balaban J connectivity index is 0.000000640. The maximum Gasteiger partial charge on any atom is 0.123 e. The van der Waals surface area contributed by atoms with Gasteiger partial charge in [0.15, 0.2) is 0 Å². The Morgan fingerprint density at radius 1 is 1.11 bits per heavy atom. The average molecular weight is 214 g/mol. The third-order valence-electron chi connectivity index (χ3n) is 0.870. The van der Waals surface area contributed by atoms with Crippen LogP contribution in [0.2, 0.25) is 0 Å². The van der Waals surface area contributed by atoms with Crippen molar-refractivity contribution in [3.63, 3.8) is 0 Å². The van der Waals surface area contributed by atoms with Crippen molar-refractivity contribution < 1.29 is 26.8 Å². The van der Waals surface area contributed by atoms with Crippen molar-refractivity contribution in [1.82, 2.24) is 0 Å². The zero-order valence-corrected chi connectivity index (χ0v) is 6.05. The standard InChI is InChI=1S/C6H4BF.Ag/c7-5-1-3-6(8)4-2-5;/h1-4H;. The van der Waals surface area contributed by atoms with Crippen LogP contribution in [0.1, 0.15) is 0 Å². The van der Waals surface area contributed by atoms with Crippen LogP contribution in [0.3, 0.4) is 0 Å². The number of halogens is 1. The van der Waals surface area contributed by atoms with Crippen molar-refractivity contribution in [2.45, 2.75) is 0 Å². The molecule has 0 atom stereocenters. The van der Waals surface area contributed by atoms with E-state index in [2.05, 4.69) is 0 Å². The van der Waals surface area contributed by atoms with Gasteiger partial charge in [-0.05, 0) is 12.1 Å². The Morgan fingerprint density at radius 2 is 1.56 bits per heavy atom. The van der Waals surface area contributed by atoms with Gasteiger partial charge in [-0.3, -0.25) is 0 Å². The minimum Gasteiger partial charge on any atom is -0.207 e. The minimum atomic E-state index is -0.251. The van der Waals surface area contributed by atoms with Gasteiger partial charge < -0.3 is 0 Å². The third kappa shape index (κ3) is 2.85. The molecule has 0 aliphatic carbocycles. The Kier molecular flexibility index (Phi) is 3.86. The minimum absolute atomic E-state index is 0. The number of rotatable bonds is 0. The van der Waals surface area contributed by atoms with Crippen molar-refractivity contribution >= 4 is 13.3 Å². The first-order chi connectivity index (χ1) is 3.79. The van der Waals surface area contributed by atoms with E-state index in [1.165, 1.54) is 24.3 Å². The van der Waals surface area contributed by atoms with E-state index >= 15 is 0 Å². The third-order valence-corrected chi connectivity index (χ3v) is 0.870. The number of hydrogen-bond acceptors (Lipinski definition) is 0. The van der Waals surface area contributed by atoms with Crippen LogP contribution in [-0.4, -0.2) is 7.85 Å². The maximum absolute atomic E-state index is 12.0. The molecule has 3 heteroatoms. The fourth-order valence-electron chi connectivity index (χ4n) is 0.463. The first-order valence-electron chi connectivity index (χ1n) is 2.30. The molecule has 0 N–H and O–H groups in total. The van der Waals surface area contributed by atoms with Gasteiger partial charge in [0, 0.05) is 22.4 Å². The number of hydrogen-bond donors (Lipinski definition) is 0. The van der Waals surface area contributed by atoms with E-state index in [1.807, 2.05) is 0 Å². The summed E-state index contributed by atoms with van der Waals surface area (Å²) >= 11 is 0. The fraction of sp³-hybridized carbons (Fsp3) is 0. The summed E-state index contributed by atoms with van der Waals surface area (Å²) < 4.78 is 12.0. The average Bonchev–Trinajstić information content (AvgIpc) is 1.77. The second kappa shape index (κ2) is 3.88. The second-order valence-electron chi connectivity index (χ2n) is 1.55. The first-order valence-corrected chi connectivity index (χ1v) is 2.30. The van der Waals surface area contributed by atoms with Crippen molar-refractivity contribution in [2.75, 3.05) is 0 Å². The molecule has 0 bridgehead atoms. The van der Waals surface area contributed by atoms with Crippen LogP contribution in [0.25, 0.3) is 0 Å². The number of benzene rings is 1. The van der Waals surface area contributed by atoms with Crippen LogP contribution < -0.4 is 5.46 Å². The molecular weight excluding hydrogens is 210 g/mol. The molecule has 1 aromatic rings. The Hall–Kier alpha value is -0.0448. The van der Waals surface area contributed by atoms with E-state index in [1.54, 1.807) is 0 Å². The topological polar surface area (TPSA) is 0 Å². The zero-order valence-electron chi connectivity index (χ0n) is 4.57. The summed E-state index contributed by atoms with van der Waals surface area (Å²) in [4.78, 5) is 0. The van der Waals surface area contributed by atoms with Crippen molar-refractivity contribution in [3.05, 3.63) is 30.1 Å². The van der Waals surface area contributed by atoms with E-state index in [0.29, 0.717) is 5.46 Å². The monoisotopic (exact) mass is 213 g/mol. The van der Waals surface area contributed by atoms with Gasteiger partial charge in [-0.1, -0.05) is 17.6 Å². The van der Waals surface area contributed by atoms with Gasteiger partial charge in [-0.25, -0.2) is 4.39 Å². The van der Waals surface area contributed by atoms with Crippen LogP contribution in [0.15, 0.2) is 24.3 Å². The van der Waals surface area contributed by atoms with Crippen LogP contribution in [-0.2, 0) is 22.4 Å². The van der Waals surface area contributed by atoms with Gasteiger partial charge >= 0.3 is 0 Å². The SMILES string of the molecule is [Ag].[B]c1ccc(F)cc1. The second-order valence-corrected chi connectivity index (χ2v) is 1.55. The van der Waals surface area contributed by atoms with Crippen LogP contribution >= 0.6 is 0 Å². The molecule has 0 unspecified atom stereocenters. The Labute approximate surface area is 70.4 Å². The summed E-state index contributed by atoms with van der Waals surface area (Å²) in [6, 6.07) is 5.70. The molecule has 0 spiro atoms. The molecule has 0 aliphatic rings. The summed E-state index contributed by atoms with van der Waals surface area (Å²) in [5, 5.41) is 0. The summed E-state index contributed by atoms with van der Waals surface area (Å²) in [7, 11) is 5.26. The smallest absolute Gasteiger partial charge is 0.123 e. The predicted molar refractivity (Wildman–Crippen MR) is 31.8 cm³/mol. The predicted octanol–water partition coefficient (Wildman–Crippen LogP) is 0.617. The zero-order chi connectivity index (χ0) is 5.98. The Morgan fingerprint density at radius 3 is 1.89 bits per heavy atom. The van der Waals surface area contributed by atoms with Crippen LogP contribution in [0, 0.1) is 5.82 Å². The normalized spacial score (nSPS) is 8.11. The molecular formula is C6H4AgBF. The molecule has 1 rings (SSSR count). The van der Waals surface area contributed by atoms with Gasteiger partial charge in [-0.15, -0.1) is 0 Å². The summed E-state index contributed by atoms with van der Waals surface area (Å²) in [6.45, 7) is 0. The molecule has 0 nitrogen and oxygen atoms in total. The van der Waals surface area contributed by atoms with Gasteiger partial charge in [-0.2, -0.15) is 0 Å². The van der Waals surface area contributed by atoms with Gasteiger partial charge in [0.05, 0.1) is 0 Å². The summed E-state index contributed by atoms with van der Waals surface area (Å²) in [5.41, 5.74) is 0.589. The van der Waals surface area contributed by atoms with E-state index in [4.69, 9.17) is 7.85 Å². The van der Waals surface area contributed by atoms with Crippen LogP contribution in [0.4, 0.5) is 4.39 Å². The Bertz CT molecular complexity index is 152. The van der Waals surface area contributed by atoms with Crippen molar-refractivity contribution in [3.8, 4) is 0 Å². The molecule has 1 aromatic carbocycles. The van der Waals surface area contributed by atoms with Crippen molar-refractivity contribution in [1.29, 1.82) is 0 Å². The fourth-order valence-corrected chi connectivity index (χ4v) is 0.463. The van der Waals surface area contributed by atoms with Gasteiger partial charge in [0.25, 0.3) is 0 Å². The van der Waals surface area contributed by atoms with E-state index in [0.717, 1.165) is 0 Å². The molecule has 0 aliphatic heterocycles. The van der Waals surface area contributed by atoms with E-state index < -0.39 is 0 Å². The molecule has 9 heavy (non-hydrogen) atoms. The maximum atomic E-state index is 12.0. The van der Waals surface area contributed by atoms with Gasteiger partial charge in [0.1, 0.15) is 13.7 Å². The molecule has 0 heterocycles. The summed E-state index contributed by atoms with van der Waals surface area (Å²) in [5.74, 6) is -0.251. The largest absolute Gasteiger partial charge is 0.207 e. The first kappa shape index (κ1) is 8.96. The van der Waals surface area contributed by atoms with Crippen LogP contribution in [0.5, 0.6) is 0 Å².